The van der Waals surface area contributed by atoms with Crippen LogP contribution in [0, 0.1) is 35.0 Å². The maximum atomic E-state index is 10.7. The first-order valence-corrected chi connectivity index (χ1v) is 14.9. The van der Waals surface area contributed by atoms with Crippen molar-refractivity contribution in [3.8, 4) is 5.75 Å². The maximum Gasteiger partial charge on any atom is 0.115 e. The fourth-order valence-corrected chi connectivity index (χ4v) is 11.4. The zero-order valence-electron chi connectivity index (χ0n) is 21.2. The summed E-state index contributed by atoms with van der Waals surface area (Å²) >= 11 is 0. The highest BCUT2D eigenvalue weighted by atomic mass is 16.3. The van der Waals surface area contributed by atoms with Crippen LogP contribution in [0.4, 0.5) is 0 Å². The first kappa shape index (κ1) is 21.1. The first-order chi connectivity index (χ1) is 16.6. The summed E-state index contributed by atoms with van der Waals surface area (Å²) in [7, 11) is 0. The third-order valence-corrected chi connectivity index (χ3v) is 12.6. The van der Waals surface area contributed by atoms with Crippen molar-refractivity contribution in [2.24, 2.45) is 35.0 Å². The molecule has 5 aliphatic carbocycles. The van der Waals surface area contributed by atoms with Gasteiger partial charge in [-0.15, -0.1) is 0 Å². The van der Waals surface area contributed by atoms with Crippen molar-refractivity contribution in [3.63, 3.8) is 0 Å². The molecule has 7 atom stereocenters. The Balaban J connectivity index is 1.22. The maximum absolute atomic E-state index is 10.7. The number of hydrogen-bond acceptors (Lipinski definition) is 3. The van der Waals surface area contributed by atoms with E-state index in [-0.39, 0.29) is 0 Å². The zero-order valence-corrected chi connectivity index (χ0v) is 21.2. The third kappa shape index (κ3) is 2.62. The fraction of sp³-hybridized carbons (Fsp3) is 0.806. The van der Waals surface area contributed by atoms with E-state index in [1.807, 2.05) is 6.07 Å². The minimum atomic E-state index is 0.315. The largest absolute Gasteiger partial charge is 0.508 e. The van der Waals surface area contributed by atoms with E-state index in [1.165, 1.54) is 96.8 Å². The summed E-state index contributed by atoms with van der Waals surface area (Å²) in [4.78, 5) is 5.98. The second-order valence-electron chi connectivity index (χ2n) is 13.9. The second-order valence-corrected chi connectivity index (χ2v) is 13.9. The normalized spacial score (nSPS) is 45.9. The number of nitrogens with zero attached hydrogens (tertiary/aromatic N) is 2. The fourth-order valence-electron chi connectivity index (χ4n) is 11.4. The molecular weight excluding hydrogens is 416 g/mol. The monoisotopic (exact) mass is 460 g/mol. The van der Waals surface area contributed by atoms with Gasteiger partial charge >= 0.3 is 0 Å². The van der Waals surface area contributed by atoms with Crippen molar-refractivity contribution in [1.82, 2.24) is 9.80 Å². The van der Waals surface area contributed by atoms with Gasteiger partial charge in [-0.2, -0.15) is 0 Å². The van der Waals surface area contributed by atoms with Crippen LogP contribution in [0.15, 0.2) is 18.2 Å². The number of phenols is 1. The molecule has 0 amide bonds. The lowest BCUT2D eigenvalue weighted by atomic mass is 9.45. The van der Waals surface area contributed by atoms with Crippen molar-refractivity contribution in [1.29, 1.82) is 0 Å². The molecular formula is C31H44N2O. The van der Waals surface area contributed by atoms with Crippen LogP contribution in [0.5, 0.6) is 5.75 Å². The molecule has 1 N–H and O–H groups in total. The Morgan fingerprint density at radius 3 is 2.56 bits per heavy atom. The Kier molecular flexibility index (Phi) is 4.49. The zero-order chi connectivity index (χ0) is 22.7. The summed E-state index contributed by atoms with van der Waals surface area (Å²) in [6.07, 6.45) is 15.8. The number of phenolic OH excluding ortho intramolecular Hbond substituents is 1. The van der Waals surface area contributed by atoms with Crippen molar-refractivity contribution in [3.05, 3.63) is 29.3 Å². The summed E-state index contributed by atoms with van der Waals surface area (Å²) in [5, 5.41) is 10.7. The molecule has 34 heavy (non-hydrogen) atoms. The van der Waals surface area contributed by atoms with Gasteiger partial charge in [-0.1, -0.05) is 25.3 Å². The molecule has 2 bridgehead atoms. The van der Waals surface area contributed by atoms with E-state index >= 15 is 0 Å². The highest BCUT2D eigenvalue weighted by Gasteiger charge is 2.77. The summed E-state index contributed by atoms with van der Waals surface area (Å²) in [6, 6.07) is 8.01. The molecule has 8 rings (SSSR count). The van der Waals surface area contributed by atoms with Crippen LogP contribution >= 0.6 is 0 Å². The van der Waals surface area contributed by atoms with Crippen LogP contribution in [-0.4, -0.2) is 53.2 Å². The van der Waals surface area contributed by atoms with Crippen molar-refractivity contribution >= 4 is 0 Å². The Hall–Kier alpha value is -1.06. The molecule has 2 saturated heterocycles. The van der Waals surface area contributed by atoms with E-state index < -0.39 is 0 Å². The predicted molar refractivity (Wildman–Crippen MR) is 136 cm³/mol. The van der Waals surface area contributed by atoms with Gasteiger partial charge in [0.05, 0.1) is 0 Å². The molecule has 6 unspecified atom stereocenters. The van der Waals surface area contributed by atoms with Gasteiger partial charge in [-0.05, 0) is 117 Å². The van der Waals surface area contributed by atoms with E-state index in [0.29, 0.717) is 22.6 Å². The summed E-state index contributed by atoms with van der Waals surface area (Å²) in [6.45, 7) is 8.02. The van der Waals surface area contributed by atoms with Gasteiger partial charge in [-0.3, -0.25) is 9.80 Å². The van der Waals surface area contributed by atoms with E-state index in [9.17, 15) is 5.11 Å². The molecule has 7 aliphatic rings. The highest BCUT2D eigenvalue weighted by molar-refractivity contribution is 5.52. The van der Waals surface area contributed by atoms with E-state index in [2.05, 4.69) is 28.9 Å². The van der Waals surface area contributed by atoms with Crippen LogP contribution in [-0.2, 0) is 11.8 Å². The van der Waals surface area contributed by atoms with Crippen molar-refractivity contribution in [2.75, 3.05) is 26.2 Å². The number of benzene rings is 1. The van der Waals surface area contributed by atoms with Crippen molar-refractivity contribution < 1.29 is 5.11 Å². The minimum absolute atomic E-state index is 0.315. The number of rotatable bonds is 4. The van der Waals surface area contributed by atoms with Crippen molar-refractivity contribution in [2.45, 2.75) is 95.1 Å². The van der Waals surface area contributed by atoms with E-state index in [1.54, 1.807) is 11.1 Å². The van der Waals surface area contributed by atoms with Gasteiger partial charge in [0.15, 0.2) is 0 Å². The number of hydrogen-bond donors (Lipinski definition) is 1. The number of fused-ring (bicyclic) bond motifs is 1. The molecule has 2 aliphatic heterocycles. The third-order valence-electron chi connectivity index (χ3n) is 12.6. The molecule has 6 fully saturated rings. The van der Waals surface area contributed by atoms with Gasteiger partial charge in [0, 0.05) is 43.7 Å². The summed E-state index contributed by atoms with van der Waals surface area (Å²) in [5.74, 6) is 4.88. The van der Waals surface area contributed by atoms with Crippen LogP contribution in [0.3, 0.4) is 0 Å². The van der Waals surface area contributed by atoms with E-state index in [0.717, 1.165) is 35.6 Å². The number of piperidine rings is 1. The second kappa shape index (κ2) is 7.25. The van der Waals surface area contributed by atoms with Crippen LogP contribution in [0.25, 0.3) is 0 Å². The van der Waals surface area contributed by atoms with Gasteiger partial charge in [0.1, 0.15) is 5.75 Å². The Morgan fingerprint density at radius 1 is 0.941 bits per heavy atom. The lowest BCUT2D eigenvalue weighted by molar-refractivity contribution is -0.117. The first-order valence-electron chi connectivity index (χ1n) is 14.9. The molecule has 3 heteroatoms. The number of likely N-dealkylation sites (tertiary alicyclic amines) is 2. The molecule has 1 spiro atoms. The highest BCUT2D eigenvalue weighted by Crippen LogP contribution is 2.77. The predicted octanol–water partition coefficient (Wildman–Crippen LogP) is 5.60. The Morgan fingerprint density at radius 2 is 1.74 bits per heavy atom. The van der Waals surface area contributed by atoms with Gasteiger partial charge in [-0.25, -0.2) is 0 Å². The molecule has 0 aromatic heterocycles. The Bertz CT molecular complexity index is 982. The molecule has 0 radical (unpaired) electrons. The molecule has 184 valence electrons. The topological polar surface area (TPSA) is 26.7 Å². The van der Waals surface area contributed by atoms with Crippen LogP contribution in [0.2, 0.25) is 0 Å². The summed E-state index contributed by atoms with van der Waals surface area (Å²) < 4.78 is 0. The number of aromatic hydroxyl groups is 1. The minimum Gasteiger partial charge on any atom is -0.508 e. The molecule has 4 saturated carbocycles. The lowest BCUT2D eigenvalue weighted by Crippen LogP contribution is -2.69. The van der Waals surface area contributed by atoms with Gasteiger partial charge < -0.3 is 5.11 Å². The standard InChI is InChI=1S/C31H44N2O/c1-20-30-12-11-28-29(24(15-30)18-33(28)17-21-5-3-2-4-6-21)31(30)25(19-32(20)16-22-7-8-22)13-23-9-10-26(34)14-27(23)31/h9-10,14,20-22,24-25,28-29,34H,2-8,11-13,15-19H2,1H3/t20?,24-,25?,28?,29?,30?,31?/m1/s1. The lowest BCUT2D eigenvalue weighted by Gasteiger charge is -2.65. The average molecular weight is 461 g/mol. The SMILES string of the molecule is CC1N(CC2CC2)CC2Cc3ccc(O)cc3C23C2C4CCC13C[C@@H]2CN4CC1CCCCC1. The van der Waals surface area contributed by atoms with Gasteiger partial charge in [0.25, 0.3) is 0 Å². The van der Waals surface area contributed by atoms with Crippen LogP contribution in [0.1, 0.15) is 82.3 Å². The molecule has 1 aromatic carbocycles. The average Bonchev–Trinajstić information content (AvgIpc) is 3.46. The molecule has 2 heterocycles. The summed E-state index contributed by atoms with van der Waals surface area (Å²) in [5.41, 5.74) is 3.93. The Labute approximate surface area is 206 Å². The smallest absolute Gasteiger partial charge is 0.115 e. The quantitative estimate of drug-likeness (QED) is 0.634. The van der Waals surface area contributed by atoms with Crippen LogP contribution < -0.4 is 0 Å². The molecule has 3 nitrogen and oxygen atoms in total. The molecule has 1 aromatic rings. The van der Waals surface area contributed by atoms with E-state index in [4.69, 9.17) is 0 Å². The van der Waals surface area contributed by atoms with Gasteiger partial charge in [0.2, 0.25) is 0 Å².